The van der Waals surface area contributed by atoms with E-state index in [2.05, 4.69) is 0 Å². The topological polar surface area (TPSA) is 69.4 Å². The molecule has 2 atom stereocenters. The Morgan fingerprint density at radius 2 is 2.14 bits per heavy atom. The molecule has 1 aromatic carbocycles. The van der Waals surface area contributed by atoms with Crippen molar-refractivity contribution in [2.45, 2.75) is 48.3 Å². The van der Waals surface area contributed by atoms with Gasteiger partial charge >= 0.3 is 5.97 Å². The second kappa shape index (κ2) is 6.93. The standard InChI is InChI=1S/C15H19NO4S/c1-12(17)20-11-15(16(18)19)10-6-5-9-14(15)21-13-7-3-2-4-8-13/h2-4,7-8,14H,5-6,9-11H2,1H3. The zero-order valence-electron chi connectivity index (χ0n) is 12.0. The zero-order valence-corrected chi connectivity index (χ0v) is 12.8. The van der Waals surface area contributed by atoms with E-state index >= 15 is 0 Å². The van der Waals surface area contributed by atoms with Gasteiger partial charge in [-0.05, 0) is 25.0 Å². The summed E-state index contributed by atoms with van der Waals surface area (Å²) in [4.78, 5) is 23.5. The summed E-state index contributed by atoms with van der Waals surface area (Å²) in [7, 11) is 0. The molecule has 21 heavy (non-hydrogen) atoms. The molecular weight excluding hydrogens is 290 g/mol. The van der Waals surface area contributed by atoms with Crippen molar-refractivity contribution in [2.75, 3.05) is 6.61 Å². The molecule has 0 amide bonds. The first-order valence-electron chi connectivity index (χ1n) is 7.04. The van der Waals surface area contributed by atoms with E-state index < -0.39 is 11.5 Å². The predicted octanol–water partition coefficient (Wildman–Crippen LogP) is 3.30. The fourth-order valence-corrected chi connectivity index (χ4v) is 4.09. The minimum Gasteiger partial charge on any atom is -0.458 e. The van der Waals surface area contributed by atoms with Gasteiger partial charge in [0.15, 0.2) is 6.61 Å². The van der Waals surface area contributed by atoms with Crippen molar-refractivity contribution in [1.82, 2.24) is 0 Å². The first kappa shape index (κ1) is 15.8. The zero-order chi connectivity index (χ0) is 15.3. The van der Waals surface area contributed by atoms with Crippen LogP contribution in [0.15, 0.2) is 35.2 Å². The Bertz CT molecular complexity index is 508. The number of benzene rings is 1. The highest BCUT2D eigenvalue weighted by atomic mass is 32.2. The van der Waals surface area contributed by atoms with Crippen LogP contribution in [0.2, 0.25) is 0 Å². The highest BCUT2D eigenvalue weighted by molar-refractivity contribution is 8.00. The average Bonchev–Trinajstić information content (AvgIpc) is 2.47. The molecule has 0 spiro atoms. The third kappa shape index (κ3) is 3.75. The smallest absolute Gasteiger partial charge is 0.302 e. The van der Waals surface area contributed by atoms with Crippen LogP contribution < -0.4 is 0 Å². The van der Waals surface area contributed by atoms with Gasteiger partial charge in [-0.2, -0.15) is 0 Å². The molecule has 1 saturated carbocycles. The van der Waals surface area contributed by atoms with Crippen LogP contribution in [0.3, 0.4) is 0 Å². The Balaban J connectivity index is 2.21. The van der Waals surface area contributed by atoms with E-state index in [4.69, 9.17) is 4.74 Å². The summed E-state index contributed by atoms with van der Waals surface area (Å²) >= 11 is 1.52. The first-order valence-corrected chi connectivity index (χ1v) is 7.92. The van der Waals surface area contributed by atoms with E-state index in [9.17, 15) is 14.9 Å². The summed E-state index contributed by atoms with van der Waals surface area (Å²) in [5, 5.41) is 11.5. The van der Waals surface area contributed by atoms with Gasteiger partial charge < -0.3 is 4.74 Å². The van der Waals surface area contributed by atoms with Gasteiger partial charge in [-0.1, -0.05) is 24.6 Å². The van der Waals surface area contributed by atoms with E-state index in [0.29, 0.717) is 6.42 Å². The van der Waals surface area contributed by atoms with E-state index in [-0.39, 0.29) is 16.8 Å². The fraction of sp³-hybridized carbons (Fsp3) is 0.533. The molecule has 1 aliphatic rings. The summed E-state index contributed by atoms with van der Waals surface area (Å²) in [5.74, 6) is -0.467. The molecule has 0 aliphatic heterocycles. The number of hydrogen-bond acceptors (Lipinski definition) is 5. The van der Waals surface area contributed by atoms with Gasteiger partial charge in [0, 0.05) is 23.2 Å². The number of carbonyl (C=O) groups excluding carboxylic acids is 1. The highest BCUT2D eigenvalue weighted by Gasteiger charge is 2.53. The predicted molar refractivity (Wildman–Crippen MR) is 80.9 cm³/mol. The number of thioether (sulfide) groups is 1. The van der Waals surface area contributed by atoms with Gasteiger partial charge in [0.25, 0.3) is 5.54 Å². The minimum atomic E-state index is -1.18. The van der Waals surface area contributed by atoms with Crippen LogP contribution in [0.4, 0.5) is 0 Å². The number of nitro groups is 1. The monoisotopic (exact) mass is 309 g/mol. The summed E-state index contributed by atoms with van der Waals surface area (Å²) in [6.45, 7) is 1.15. The Labute approximate surface area is 128 Å². The molecule has 0 N–H and O–H groups in total. The Morgan fingerprint density at radius 1 is 1.43 bits per heavy atom. The molecule has 0 aromatic heterocycles. The number of esters is 1. The van der Waals surface area contributed by atoms with Crippen molar-refractivity contribution >= 4 is 17.7 Å². The lowest BCUT2D eigenvalue weighted by molar-refractivity contribution is -0.576. The van der Waals surface area contributed by atoms with E-state index in [1.54, 1.807) is 0 Å². The van der Waals surface area contributed by atoms with Gasteiger partial charge in [-0.15, -0.1) is 11.8 Å². The molecule has 114 valence electrons. The van der Waals surface area contributed by atoms with Crippen molar-refractivity contribution < 1.29 is 14.5 Å². The maximum atomic E-state index is 11.7. The van der Waals surface area contributed by atoms with E-state index in [0.717, 1.165) is 24.2 Å². The SMILES string of the molecule is CC(=O)OCC1([N+](=O)[O-])CCCCC1Sc1ccccc1. The van der Waals surface area contributed by atoms with E-state index in [1.165, 1.54) is 18.7 Å². The first-order chi connectivity index (χ1) is 10.0. The fourth-order valence-electron chi connectivity index (χ4n) is 2.68. The summed E-state index contributed by atoms with van der Waals surface area (Å²) in [6.07, 6.45) is 2.99. The van der Waals surface area contributed by atoms with Crippen LogP contribution in [-0.4, -0.2) is 28.3 Å². The molecular formula is C15H19NO4S. The molecule has 0 heterocycles. The second-order valence-corrected chi connectivity index (χ2v) is 6.58. The summed E-state index contributed by atoms with van der Waals surface area (Å²) in [5.41, 5.74) is -1.18. The third-order valence-electron chi connectivity index (χ3n) is 3.84. The van der Waals surface area contributed by atoms with Gasteiger partial charge in [0.2, 0.25) is 0 Å². The lowest BCUT2D eigenvalue weighted by Gasteiger charge is -2.35. The quantitative estimate of drug-likeness (QED) is 0.474. The molecule has 1 aliphatic carbocycles. The molecule has 0 radical (unpaired) electrons. The highest BCUT2D eigenvalue weighted by Crippen LogP contribution is 2.42. The number of carbonyl (C=O) groups is 1. The minimum absolute atomic E-state index is 0.139. The molecule has 6 heteroatoms. The van der Waals surface area contributed by atoms with Crippen molar-refractivity contribution in [1.29, 1.82) is 0 Å². The van der Waals surface area contributed by atoms with Crippen molar-refractivity contribution in [3.05, 3.63) is 40.4 Å². The van der Waals surface area contributed by atoms with Gasteiger partial charge in [-0.25, -0.2) is 0 Å². The van der Waals surface area contributed by atoms with Gasteiger partial charge in [0.1, 0.15) is 0 Å². The molecule has 1 aromatic rings. The normalized spacial score (nSPS) is 25.3. The maximum Gasteiger partial charge on any atom is 0.302 e. The number of rotatable bonds is 5. The average molecular weight is 309 g/mol. The second-order valence-electron chi connectivity index (χ2n) is 5.31. The molecule has 0 bridgehead atoms. The summed E-state index contributed by atoms with van der Waals surface area (Å²) in [6, 6.07) is 9.67. The van der Waals surface area contributed by atoms with Crippen LogP contribution in [0.5, 0.6) is 0 Å². The number of ether oxygens (including phenoxy) is 1. The van der Waals surface area contributed by atoms with Gasteiger partial charge in [0.05, 0.1) is 5.25 Å². The van der Waals surface area contributed by atoms with E-state index in [1.807, 2.05) is 30.3 Å². The molecule has 2 unspecified atom stereocenters. The molecule has 0 saturated heterocycles. The van der Waals surface area contributed by atoms with Crippen LogP contribution in [0.1, 0.15) is 32.6 Å². The van der Waals surface area contributed by atoms with Crippen molar-refractivity contribution in [3.8, 4) is 0 Å². The summed E-state index contributed by atoms with van der Waals surface area (Å²) < 4.78 is 5.02. The number of hydrogen-bond donors (Lipinski definition) is 0. The number of nitrogens with zero attached hydrogens (tertiary/aromatic N) is 1. The van der Waals surface area contributed by atoms with Crippen LogP contribution in [0.25, 0.3) is 0 Å². The third-order valence-corrected chi connectivity index (χ3v) is 5.34. The van der Waals surface area contributed by atoms with Crippen LogP contribution in [-0.2, 0) is 9.53 Å². The molecule has 5 nitrogen and oxygen atoms in total. The Hall–Kier alpha value is -1.56. The Morgan fingerprint density at radius 3 is 2.76 bits per heavy atom. The van der Waals surface area contributed by atoms with Crippen molar-refractivity contribution in [2.24, 2.45) is 0 Å². The lowest BCUT2D eigenvalue weighted by atomic mass is 9.82. The Kier molecular flexibility index (Phi) is 5.22. The van der Waals surface area contributed by atoms with Crippen LogP contribution in [0, 0.1) is 10.1 Å². The largest absolute Gasteiger partial charge is 0.458 e. The molecule has 2 rings (SSSR count). The van der Waals surface area contributed by atoms with Crippen molar-refractivity contribution in [3.63, 3.8) is 0 Å². The van der Waals surface area contributed by atoms with Gasteiger partial charge in [-0.3, -0.25) is 14.9 Å². The van der Waals surface area contributed by atoms with Crippen LogP contribution >= 0.6 is 11.8 Å². The maximum absolute atomic E-state index is 11.7. The lowest BCUT2D eigenvalue weighted by Crippen LogP contribution is -2.53. The molecule has 1 fully saturated rings.